The van der Waals surface area contributed by atoms with Crippen LogP contribution in [0.1, 0.15) is 28.7 Å². The number of likely N-dealkylation sites (N-methyl/N-ethyl adjacent to an activating group) is 1. The minimum Gasteiger partial charge on any atom is -0.492 e. The predicted octanol–water partition coefficient (Wildman–Crippen LogP) is 3.23. The monoisotopic (exact) mass is 436 g/mol. The molecule has 0 radical (unpaired) electrons. The zero-order valence-electron chi connectivity index (χ0n) is 19.6. The van der Waals surface area contributed by atoms with Crippen LogP contribution >= 0.6 is 0 Å². The molecule has 8 heteroatoms. The van der Waals surface area contributed by atoms with Gasteiger partial charge in [-0.3, -0.25) is 9.48 Å². The SMILES string of the molecule is CCOc1cc(N2CCN(C)CC2)ccc1NC(=O)c1cnn(C)c1-n1c(C)ccc1C. The third-order valence-electron chi connectivity index (χ3n) is 6.02. The first kappa shape index (κ1) is 22.0. The molecule has 1 aliphatic rings. The molecule has 2 aromatic heterocycles. The Hall–Kier alpha value is -3.26. The Balaban J connectivity index is 1.61. The second kappa shape index (κ2) is 9.08. The molecular formula is C24H32N6O2. The summed E-state index contributed by atoms with van der Waals surface area (Å²) in [5.41, 5.74) is 4.38. The van der Waals surface area contributed by atoms with E-state index >= 15 is 0 Å². The van der Waals surface area contributed by atoms with Crippen molar-refractivity contribution in [2.45, 2.75) is 20.8 Å². The van der Waals surface area contributed by atoms with Crippen LogP contribution < -0.4 is 15.0 Å². The zero-order valence-corrected chi connectivity index (χ0v) is 19.6. The van der Waals surface area contributed by atoms with Crippen LogP contribution in [0.2, 0.25) is 0 Å². The van der Waals surface area contributed by atoms with Crippen molar-refractivity contribution >= 4 is 17.3 Å². The standard InChI is InChI=1S/C24H32N6O2/c1-6-32-22-15-19(29-13-11-27(4)12-14-29)9-10-21(22)26-23(31)20-16-25-28(5)24(20)30-17(2)7-8-18(30)3/h7-10,15-16H,6,11-14H2,1-5H3,(H,26,31). The van der Waals surface area contributed by atoms with E-state index in [-0.39, 0.29) is 5.91 Å². The van der Waals surface area contributed by atoms with Gasteiger partial charge in [0.2, 0.25) is 0 Å². The summed E-state index contributed by atoms with van der Waals surface area (Å²) in [5, 5.41) is 7.40. The molecular weight excluding hydrogens is 404 g/mol. The number of anilines is 2. The second-order valence-corrected chi connectivity index (χ2v) is 8.31. The van der Waals surface area contributed by atoms with Crippen molar-refractivity contribution in [3.05, 3.63) is 53.5 Å². The number of ether oxygens (including phenoxy) is 1. The number of aromatic nitrogens is 3. The summed E-state index contributed by atoms with van der Waals surface area (Å²) < 4.78 is 9.67. The van der Waals surface area contributed by atoms with Gasteiger partial charge in [-0.15, -0.1) is 0 Å². The molecule has 1 aliphatic heterocycles. The van der Waals surface area contributed by atoms with E-state index in [2.05, 4.69) is 27.3 Å². The Morgan fingerprint density at radius 1 is 1.06 bits per heavy atom. The molecule has 0 unspecified atom stereocenters. The molecule has 0 spiro atoms. The Bertz CT molecular complexity index is 1090. The maximum Gasteiger partial charge on any atom is 0.261 e. The third kappa shape index (κ3) is 4.23. The summed E-state index contributed by atoms with van der Waals surface area (Å²) >= 11 is 0. The minimum atomic E-state index is -0.214. The van der Waals surface area contributed by atoms with E-state index in [1.807, 2.05) is 62.7 Å². The molecule has 1 aromatic carbocycles. The van der Waals surface area contributed by atoms with E-state index in [9.17, 15) is 4.79 Å². The zero-order chi connectivity index (χ0) is 22.8. The van der Waals surface area contributed by atoms with Crippen molar-refractivity contribution in [3.63, 3.8) is 0 Å². The maximum atomic E-state index is 13.3. The van der Waals surface area contributed by atoms with E-state index in [4.69, 9.17) is 4.74 Å². The van der Waals surface area contributed by atoms with Gasteiger partial charge in [-0.2, -0.15) is 5.10 Å². The van der Waals surface area contributed by atoms with Crippen molar-refractivity contribution in [2.75, 3.05) is 50.1 Å². The van der Waals surface area contributed by atoms with Gasteiger partial charge in [-0.25, -0.2) is 0 Å². The van der Waals surface area contributed by atoms with Gasteiger partial charge < -0.3 is 24.4 Å². The smallest absolute Gasteiger partial charge is 0.261 e. The van der Waals surface area contributed by atoms with Crippen LogP contribution in [0.3, 0.4) is 0 Å². The average Bonchev–Trinajstić information content (AvgIpc) is 3.31. The topological polar surface area (TPSA) is 67.6 Å². The van der Waals surface area contributed by atoms with Crippen LogP contribution in [0.25, 0.3) is 5.82 Å². The van der Waals surface area contributed by atoms with E-state index in [1.165, 1.54) is 0 Å². The summed E-state index contributed by atoms with van der Waals surface area (Å²) in [5.74, 6) is 1.21. The van der Waals surface area contributed by atoms with Crippen LogP contribution in [-0.2, 0) is 7.05 Å². The number of carbonyl (C=O) groups is 1. The van der Waals surface area contributed by atoms with Gasteiger partial charge in [0, 0.05) is 56.4 Å². The molecule has 3 heterocycles. The van der Waals surface area contributed by atoms with Gasteiger partial charge in [0.1, 0.15) is 17.1 Å². The Morgan fingerprint density at radius 2 is 1.75 bits per heavy atom. The average molecular weight is 437 g/mol. The van der Waals surface area contributed by atoms with Gasteiger partial charge >= 0.3 is 0 Å². The molecule has 0 atom stereocenters. The molecule has 1 fully saturated rings. The Morgan fingerprint density at radius 3 is 2.41 bits per heavy atom. The summed E-state index contributed by atoms with van der Waals surface area (Å²) in [6.45, 7) is 10.5. The van der Waals surface area contributed by atoms with Crippen molar-refractivity contribution in [1.82, 2.24) is 19.2 Å². The van der Waals surface area contributed by atoms with Crippen LogP contribution in [0.15, 0.2) is 36.5 Å². The summed E-state index contributed by atoms with van der Waals surface area (Å²) in [6.07, 6.45) is 1.61. The fraction of sp³-hybridized carbons (Fsp3) is 0.417. The van der Waals surface area contributed by atoms with E-state index in [0.29, 0.717) is 23.6 Å². The van der Waals surface area contributed by atoms with Gasteiger partial charge in [-0.05, 0) is 52.1 Å². The number of carbonyl (C=O) groups excluding carboxylic acids is 1. The highest BCUT2D eigenvalue weighted by Gasteiger charge is 2.22. The minimum absolute atomic E-state index is 0.214. The van der Waals surface area contributed by atoms with Crippen LogP contribution in [-0.4, -0.2) is 65.0 Å². The molecule has 4 rings (SSSR count). The highest BCUT2D eigenvalue weighted by Crippen LogP contribution is 2.31. The third-order valence-corrected chi connectivity index (χ3v) is 6.02. The number of hydrogen-bond donors (Lipinski definition) is 1. The first-order valence-corrected chi connectivity index (χ1v) is 11.1. The molecule has 0 bridgehead atoms. The molecule has 0 aliphatic carbocycles. The van der Waals surface area contributed by atoms with Crippen molar-refractivity contribution in [3.8, 4) is 11.6 Å². The maximum absolute atomic E-state index is 13.3. The number of piperazine rings is 1. The van der Waals surface area contributed by atoms with Crippen molar-refractivity contribution in [2.24, 2.45) is 7.05 Å². The number of amides is 1. The summed E-state index contributed by atoms with van der Waals surface area (Å²) in [7, 11) is 3.99. The molecule has 0 saturated carbocycles. The van der Waals surface area contributed by atoms with E-state index in [0.717, 1.165) is 49.1 Å². The van der Waals surface area contributed by atoms with Gasteiger partial charge in [0.15, 0.2) is 0 Å². The summed E-state index contributed by atoms with van der Waals surface area (Å²) in [4.78, 5) is 18.0. The first-order chi connectivity index (χ1) is 15.4. The van der Waals surface area contributed by atoms with E-state index in [1.54, 1.807) is 10.9 Å². The number of rotatable bonds is 6. The van der Waals surface area contributed by atoms with Gasteiger partial charge in [0.25, 0.3) is 5.91 Å². The molecule has 8 nitrogen and oxygen atoms in total. The van der Waals surface area contributed by atoms with Crippen LogP contribution in [0, 0.1) is 13.8 Å². The lowest BCUT2D eigenvalue weighted by molar-refractivity contribution is 0.102. The summed E-state index contributed by atoms with van der Waals surface area (Å²) in [6, 6.07) is 10.1. The van der Waals surface area contributed by atoms with Gasteiger partial charge in [-0.1, -0.05) is 0 Å². The highest BCUT2D eigenvalue weighted by molar-refractivity contribution is 6.07. The van der Waals surface area contributed by atoms with Crippen LogP contribution in [0.5, 0.6) is 5.75 Å². The normalized spacial score (nSPS) is 14.6. The Labute approximate surface area is 189 Å². The molecule has 1 N–H and O–H groups in total. The second-order valence-electron chi connectivity index (χ2n) is 8.31. The molecule has 32 heavy (non-hydrogen) atoms. The lowest BCUT2D eigenvalue weighted by Crippen LogP contribution is -2.44. The highest BCUT2D eigenvalue weighted by atomic mass is 16.5. The first-order valence-electron chi connectivity index (χ1n) is 11.1. The number of aryl methyl sites for hydroxylation is 3. The number of hydrogen-bond acceptors (Lipinski definition) is 5. The van der Waals surface area contributed by atoms with Crippen LogP contribution in [0.4, 0.5) is 11.4 Å². The molecule has 170 valence electrons. The molecule has 3 aromatic rings. The quantitative estimate of drug-likeness (QED) is 0.643. The lowest BCUT2D eigenvalue weighted by atomic mass is 10.2. The van der Waals surface area contributed by atoms with Crippen molar-refractivity contribution in [1.29, 1.82) is 0 Å². The lowest BCUT2D eigenvalue weighted by Gasteiger charge is -2.34. The predicted molar refractivity (Wildman–Crippen MR) is 127 cm³/mol. The fourth-order valence-electron chi connectivity index (χ4n) is 4.20. The number of nitrogens with zero attached hydrogens (tertiary/aromatic N) is 5. The largest absolute Gasteiger partial charge is 0.492 e. The Kier molecular flexibility index (Phi) is 6.23. The molecule has 1 amide bonds. The molecule has 1 saturated heterocycles. The van der Waals surface area contributed by atoms with Crippen molar-refractivity contribution < 1.29 is 9.53 Å². The van der Waals surface area contributed by atoms with E-state index < -0.39 is 0 Å². The number of benzene rings is 1. The number of nitrogens with one attached hydrogen (secondary N) is 1. The fourth-order valence-corrected chi connectivity index (χ4v) is 4.20. The van der Waals surface area contributed by atoms with Gasteiger partial charge in [0.05, 0.1) is 18.5 Å².